The van der Waals surface area contributed by atoms with E-state index in [0.717, 1.165) is 0 Å². The van der Waals surface area contributed by atoms with Crippen molar-refractivity contribution in [2.24, 2.45) is 5.73 Å². The fraction of sp³-hybridized carbons (Fsp3) is 0.111. The molecular weight excluding hydrogens is 196 g/mol. The van der Waals surface area contributed by atoms with Gasteiger partial charge in [0.1, 0.15) is 5.75 Å². The van der Waals surface area contributed by atoms with Gasteiger partial charge in [0, 0.05) is 0 Å². The molecule has 0 aromatic heterocycles. The first kappa shape index (κ1) is 10.8. The van der Waals surface area contributed by atoms with Crippen LogP contribution in [0.15, 0.2) is 24.3 Å². The van der Waals surface area contributed by atoms with Crippen LogP contribution in [-0.4, -0.2) is 19.1 Å². The maximum absolute atomic E-state index is 10.5. The van der Waals surface area contributed by atoms with Crippen LogP contribution in [0, 0.1) is 5.41 Å². The number of anilines is 1. The summed E-state index contributed by atoms with van der Waals surface area (Å²) in [7, 11) is 1.52. The lowest BCUT2D eigenvalue weighted by Crippen LogP contribution is -2.38. The van der Waals surface area contributed by atoms with Gasteiger partial charge in [-0.15, -0.1) is 0 Å². The Bertz CT molecular complexity index is 378. The second-order valence-corrected chi connectivity index (χ2v) is 2.69. The summed E-state index contributed by atoms with van der Waals surface area (Å²) in [4.78, 5) is 10.5. The highest BCUT2D eigenvalue weighted by Gasteiger charge is 2.04. The molecule has 0 bridgehead atoms. The minimum atomic E-state index is -0.789. The average molecular weight is 208 g/mol. The van der Waals surface area contributed by atoms with Gasteiger partial charge < -0.3 is 15.8 Å². The van der Waals surface area contributed by atoms with Gasteiger partial charge in [-0.1, -0.05) is 12.1 Å². The lowest BCUT2D eigenvalue weighted by Gasteiger charge is -2.10. The summed E-state index contributed by atoms with van der Waals surface area (Å²) in [5.74, 6) is 0.375. The Balaban J connectivity index is 2.71. The molecule has 0 radical (unpaired) electrons. The SMILES string of the molecule is COc1ccccc1NC(=N)NC(N)=O. The third kappa shape index (κ3) is 3.18. The number of benzene rings is 1. The number of para-hydroxylation sites is 2. The number of nitrogens with one attached hydrogen (secondary N) is 3. The van der Waals surface area contributed by atoms with E-state index in [0.29, 0.717) is 11.4 Å². The van der Waals surface area contributed by atoms with E-state index in [4.69, 9.17) is 15.9 Å². The normalized spacial score (nSPS) is 9.13. The lowest BCUT2D eigenvalue weighted by molar-refractivity contribution is 0.253. The first-order valence-electron chi connectivity index (χ1n) is 4.18. The summed E-state index contributed by atoms with van der Waals surface area (Å²) in [5.41, 5.74) is 5.44. The van der Waals surface area contributed by atoms with Crippen LogP contribution in [0.25, 0.3) is 0 Å². The van der Waals surface area contributed by atoms with Crippen molar-refractivity contribution in [2.75, 3.05) is 12.4 Å². The molecule has 0 saturated heterocycles. The van der Waals surface area contributed by atoms with Crippen LogP contribution in [0.1, 0.15) is 0 Å². The number of primary amides is 1. The number of rotatable bonds is 2. The highest BCUT2D eigenvalue weighted by Crippen LogP contribution is 2.22. The highest BCUT2D eigenvalue weighted by molar-refractivity contribution is 6.02. The number of guanidine groups is 1. The van der Waals surface area contributed by atoms with Crippen LogP contribution in [0.2, 0.25) is 0 Å². The molecule has 0 aliphatic carbocycles. The molecule has 0 saturated carbocycles. The first-order chi connectivity index (χ1) is 7.13. The topological polar surface area (TPSA) is 100 Å². The molecule has 0 atom stereocenters. The smallest absolute Gasteiger partial charge is 0.318 e. The van der Waals surface area contributed by atoms with E-state index in [1.165, 1.54) is 7.11 Å². The fourth-order valence-electron chi connectivity index (χ4n) is 1.04. The van der Waals surface area contributed by atoms with Crippen molar-refractivity contribution in [1.82, 2.24) is 5.32 Å². The molecule has 0 heterocycles. The number of carbonyl (C=O) groups excluding carboxylic acids is 1. The van der Waals surface area contributed by atoms with Gasteiger partial charge >= 0.3 is 6.03 Å². The maximum Gasteiger partial charge on any atom is 0.318 e. The van der Waals surface area contributed by atoms with Crippen LogP contribution in [0.5, 0.6) is 5.75 Å². The summed E-state index contributed by atoms with van der Waals surface area (Å²) in [5, 5.41) is 12.1. The minimum absolute atomic E-state index is 0.202. The van der Waals surface area contributed by atoms with Gasteiger partial charge in [-0.05, 0) is 12.1 Å². The van der Waals surface area contributed by atoms with E-state index in [9.17, 15) is 4.79 Å². The highest BCUT2D eigenvalue weighted by atomic mass is 16.5. The number of hydrogen-bond acceptors (Lipinski definition) is 3. The van der Waals surface area contributed by atoms with Gasteiger partial charge in [0.15, 0.2) is 0 Å². The predicted molar refractivity (Wildman–Crippen MR) is 57.1 cm³/mol. The lowest BCUT2D eigenvalue weighted by atomic mass is 10.3. The third-order valence-electron chi connectivity index (χ3n) is 1.61. The van der Waals surface area contributed by atoms with E-state index in [1.54, 1.807) is 24.3 Å². The zero-order chi connectivity index (χ0) is 11.3. The maximum atomic E-state index is 10.5. The van der Waals surface area contributed by atoms with Crippen molar-refractivity contribution < 1.29 is 9.53 Å². The van der Waals surface area contributed by atoms with E-state index in [2.05, 4.69) is 10.6 Å². The Kier molecular flexibility index (Phi) is 3.50. The van der Waals surface area contributed by atoms with Gasteiger partial charge in [0.2, 0.25) is 5.96 Å². The van der Waals surface area contributed by atoms with Crippen LogP contribution >= 0.6 is 0 Å². The molecule has 80 valence electrons. The van der Waals surface area contributed by atoms with Crippen LogP contribution in [0.3, 0.4) is 0 Å². The zero-order valence-electron chi connectivity index (χ0n) is 8.20. The largest absolute Gasteiger partial charge is 0.495 e. The number of urea groups is 1. The molecule has 6 heteroatoms. The summed E-state index contributed by atoms with van der Waals surface area (Å²) >= 11 is 0. The van der Waals surface area contributed by atoms with Gasteiger partial charge in [-0.2, -0.15) is 0 Å². The zero-order valence-corrected chi connectivity index (χ0v) is 8.20. The third-order valence-corrected chi connectivity index (χ3v) is 1.61. The molecule has 0 unspecified atom stereocenters. The number of ether oxygens (including phenoxy) is 1. The summed E-state index contributed by atoms with van der Waals surface area (Å²) in [6, 6.07) is 6.25. The second-order valence-electron chi connectivity index (χ2n) is 2.69. The van der Waals surface area contributed by atoms with Gasteiger partial charge in [-0.3, -0.25) is 10.7 Å². The van der Waals surface area contributed by atoms with Crippen molar-refractivity contribution >= 4 is 17.7 Å². The number of amides is 2. The van der Waals surface area contributed by atoms with Crippen LogP contribution in [-0.2, 0) is 0 Å². The number of nitrogens with two attached hydrogens (primary N) is 1. The molecule has 0 aliphatic rings. The Labute approximate surface area is 86.9 Å². The monoisotopic (exact) mass is 208 g/mol. The van der Waals surface area contributed by atoms with Crippen molar-refractivity contribution in [2.45, 2.75) is 0 Å². The van der Waals surface area contributed by atoms with Gasteiger partial charge in [0.05, 0.1) is 12.8 Å². The quantitative estimate of drug-likeness (QED) is 0.425. The average Bonchev–Trinajstić information content (AvgIpc) is 2.17. The number of hydrogen-bond donors (Lipinski definition) is 4. The van der Waals surface area contributed by atoms with Gasteiger partial charge in [0.25, 0.3) is 0 Å². The Morgan fingerprint density at radius 1 is 1.47 bits per heavy atom. The van der Waals surface area contributed by atoms with Crippen molar-refractivity contribution in [3.8, 4) is 5.75 Å². The van der Waals surface area contributed by atoms with E-state index >= 15 is 0 Å². The molecule has 1 rings (SSSR count). The Morgan fingerprint density at radius 2 is 2.13 bits per heavy atom. The van der Waals surface area contributed by atoms with E-state index < -0.39 is 6.03 Å². The predicted octanol–water partition coefficient (Wildman–Crippen LogP) is 0.710. The standard InChI is InChI=1S/C9H12N4O2/c1-15-7-5-3-2-4-6(7)12-8(10)13-9(11)14/h2-5H,1H3,(H5,10,11,12,13,14). The molecule has 2 amide bonds. The molecule has 5 N–H and O–H groups in total. The Hall–Kier alpha value is -2.24. The van der Waals surface area contributed by atoms with E-state index in [1.807, 2.05) is 0 Å². The second kappa shape index (κ2) is 4.85. The minimum Gasteiger partial charge on any atom is -0.495 e. The van der Waals surface area contributed by atoms with Crippen molar-refractivity contribution in [3.63, 3.8) is 0 Å². The van der Waals surface area contributed by atoms with Crippen LogP contribution in [0.4, 0.5) is 10.5 Å². The summed E-state index contributed by atoms with van der Waals surface area (Å²) < 4.78 is 5.05. The van der Waals surface area contributed by atoms with Crippen LogP contribution < -0.4 is 21.1 Å². The molecule has 15 heavy (non-hydrogen) atoms. The van der Waals surface area contributed by atoms with E-state index in [-0.39, 0.29) is 5.96 Å². The fourth-order valence-corrected chi connectivity index (χ4v) is 1.04. The van der Waals surface area contributed by atoms with Crippen molar-refractivity contribution in [3.05, 3.63) is 24.3 Å². The Morgan fingerprint density at radius 3 is 2.73 bits per heavy atom. The molecule has 0 aliphatic heterocycles. The van der Waals surface area contributed by atoms with Crippen molar-refractivity contribution in [1.29, 1.82) is 5.41 Å². The molecule has 0 fully saturated rings. The number of carbonyl (C=O) groups is 1. The summed E-state index contributed by atoms with van der Waals surface area (Å²) in [6.45, 7) is 0. The molecule has 6 nitrogen and oxygen atoms in total. The summed E-state index contributed by atoms with van der Waals surface area (Å²) in [6.07, 6.45) is 0. The van der Waals surface area contributed by atoms with Gasteiger partial charge in [-0.25, -0.2) is 4.79 Å². The molecule has 1 aromatic rings. The number of methoxy groups -OCH3 is 1. The molecular formula is C9H12N4O2. The first-order valence-corrected chi connectivity index (χ1v) is 4.18. The molecule has 0 spiro atoms. The molecule has 1 aromatic carbocycles.